The molecule has 1 saturated heterocycles. The summed E-state index contributed by atoms with van der Waals surface area (Å²) in [6.07, 6.45) is 2.31. The summed E-state index contributed by atoms with van der Waals surface area (Å²) < 4.78 is 5.82. The lowest BCUT2D eigenvalue weighted by atomic mass is 10.1. The maximum atomic E-state index is 12.3. The lowest BCUT2D eigenvalue weighted by Gasteiger charge is -2.12. The van der Waals surface area contributed by atoms with Gasteiger partial charge in [-0.15, -0.1) is 0 Å². The Bertz CT molecular complexity index is 694. The first-order valence-electron chi connectivity index (χ1n) is 8.51. The van der Waals surface area contributed by atoms with Crippen LogP contribution < -0.4 is 15.4 Å². The number of carbonyl (C=O) groups excluding carboxylic acids is 1. The second kappa shape index (κ2) is 7.97. The van der Waals surface area contributed by atoms with Crippen LogP contribution in [0.15, 0.2) is 48.5 Å². The Balaban J connectivity index is 1.55. The molecule has 1 amide bonds. The van der Waals surface area contributed by atoms with Crippen molar-refractivity contribution in [1.29, 1.82) is 0 Å². The van der Waals surface area contributed by atoms with Crippen molar-refractivity contribution in [2.45, 2.75) is 32.4 Å². The van der Waals surface area contributed by atoms with Crippen molar-refractivity contribution in [2.24, 2.45) is 0 Å². The number of hydrogen-bond donors (Lipinski definition) is 2. The Morgan fingerprint density at radius 3 is 2.92 bits per heavy atom. The minimum Gasteiger partial charge on any atom is -0.489 e. The van der Waals surface area contributed by atoms with Gasteiger partial charge in [0.25, 0.3) is 5.91 Å². The van der Waals surface area contributed by atoms with Crippen LogP contribution in [0.3, 0.4) is 0 Å². The Kier molecular flexibility index (Phi) is 5.49. The average molecular weight is 324 g/mol. The molecule has 2 N–H and O–H groups in total. The SMILES string of the molecule is Cc1cccc(COc2cccc(C(=O)NCC3CCCN3)c2)c1. The van der Waals surface area contributed by atoms with Crippen molar-refractivity contribution in [3.63, 3.8) is 0 Å². The lowest BCUT2D eigenvalue weighted by Crippen LogP contribution is -2.37. The molecule has 24 heavy (non-hydrogen) atoms. The smallest absolute Gasteiger partial charge is 0.251 e. The van der Waals surface area contributed by atoms with Gasteiger partial charge in [0.1, 0.15) is 12.4 Å². The third-order valence-corrected chi connectivity index (χ3v) is 4.26. The van der Waals surface area contributed by atoms with Crippen LogP contribution in [-0.4, -0.2) is 25.0 Å². The molecule has 1 aliphatic rings. The molecule has 0 bridgehead atoms. The Morgan fingerprint density at radius 1 is 1.25 bits per heavy atom. The summed E-state index contributed by atoms with van der Waals surface area (Å²) in [5, 5.41) is 6.37. The molecule has 3 rings (SSSR count). The number of hydrogen-bond acceptors (Lipinski definition) is 3. The van der Waals surface area contributed by atoms with Crippen LogP contribution in [0.4, 0.5) is 0 Å². The number of benzene rings is 2. The van der Waals surface area contributed by atoms with E-state index in [9.17, 15) is 4.79 Å². The van der Waals surface area contributed by atoms with E-state index >= 15 is 0 Å². The number of rotatable bonds is 6. The molecule has 1 unspecified atom stereocenters. The molecule has 2 aromatic rings. The fourth-order valence-corrected chi connectivity index (χ4v) is 2.94. The molecule has 126 valence electrons. The molecule has 0 aliphatic carbocycles. The van der Waals surface area contributed by atoms with Crippen LogP contribution in [0.25, 0.3) is 0 Å². The molecule has 0 aromatic heterocycles. The predicted octanol–water partition coefficient (Wildman–Crippen LogP) is 3.06. The summed E-state index contributed by atoms with van der Waals surface area (Å²) in [6.45, 7) is 4.28. The van der Waals surface area contributed by atoms with Gasteiger partial charge in [-0.3, -0.25) is 4.79 Å². The van der Waals surface area contributed by atoms with Crippen LogP contribution >= 0.6 is 0 Å². The molecule has 2 aromatic carbocycles. The number of aryl methyl sites for hydroxylation is 1. The molecule has 4 nitrogen and oxygen atoms in total. The first-order chi connectivity index (χ1) is 11.7. The molecule has 1 fully saturated rings. The van der Waals surface area contributed by atoms with Gasteiger partial charge in [0, 0.05) is 18.2 Å². The van der Waals surface area contributed by atoms with Crippen molar-refractivity contribution in [3.8, 4) is 5.75 Å². The van der Waals surface area contributed by atoms with E-state index in [4.69, 9.17) is 4.74 Å². The highest BCUT2D eigenvalue weighted by Gasteiger charge is 2.15. The second-order valence-electron chi connectivity index (χ2n) is 6.31. The zero-order valence-corrected chi connectivity index (χ0v) is 14.0. The van der Waals surface area contributed by atoms with Gasteiger partial charge in [-0.1, -0.05) is 35.9 Å². The van der Waals surface area contributed by atoms with Crippen molar-refractivity contribution in [2.75, 3.05) is 13.1 Å². The molecular formula is C20H24N2O2. The molecule has 1 aliphatic heterocycles. The van der Waals surface area contributed by atoms with Gasteiger partial charge in [0.05, 0.1) is 0 Å². The first kappa shape index (κ1) is 16.5. The quantitative estimate of drug-likeness (QED) is 0.858. The third-order valence-electron chi connectivity index (χ3n) is 4.26. The van der Waals surface area contributed by atoms with E-state index in [1.807, 2.05) is 30.3 Å². The van der Waals surface area contributed by atoms with Gasteiger partial charge in [-0.05, 0) is 50.1 Å². The van der Waals surface area contributed by atoms with Gasteiger partial charge in [-0.25, -0.2) is 0 Å². The highest BCUT2D eigenvalue weighted by Crippen LogP contribution is 2.16. The van der Waals surface area contributed by atoms with Gasteiger partial charge >= 0.3 is 0 Å². The highest BCUT2D eigenvalue weighted by atomic mass is 16.5. The summed E-state index contributed by atoms with van der Waals surface area (Å²) in [5.41, 5.74) is 2.97. The van der Waals surface area contributed by atoms with Crippen molar-refractivity contribution >= 4 is 5.91 Å². The van der Waals surface area contributed by atoms with Gasteiger partial charge in [0.15, 0.2) is 0 Å². The fourth-order valence-electron chi connectivity index (χ4n) is 2.94. The summed E-state index contributed by atoms with van der Waals surface area (Å²) in [5.74, 6) is 0.660. The topological polar surface area (TPSA) is 50.4 Å². The molecular weight excluding hydrogens is 300 g/mol. The number of nitrogens with one attached hydrogen (secondary N) is 2. The normalized spacial score (nSPS) is 16.8. The van der Waals surface area contributed by atoms with Gasteiger partial charge in [-0.2, -0.15) is 0 Å². The van der Waals surface area contributed by atoms with Crippen LogP contribution in [0, 0.1) is 6.92 Å². The van der Waals surface area contributed by atoms with E-state index in [1.54, 1.807) is 6.07 Å². The number of amides is 1. The lowest BCUT2D eigenvalue weighted by molar-refractivity contribution is 0.0950. The minimum atomic E-state index is -0.0512. The number of carbonyl (C=O) groups is 1. The molecule has 0 radical (unpaired) electrons. The van der Waals surface area contributed by atoms with Gasteiger partial charge < -0.3 is 15.4 Å². The van der Waals surface area contributed by atoms with Crippen LogP contribution in [0.1, 0.15) is 34.3 Å². The summed E-state index contributed by atoms with van der Waals surface area (Å²) in [7, 11) is 0. The van der Waals surface area contributed by atoms with Crippen molar-refractivity contribution < 1.29 is 9.53 Å². The van der Waals surface area contributed by atoms with E-state index in [-0.39, 0.29) is 5.91 Å². The molecule has 1 atom stereocenters. The van der Waals surface area contributed by atoms with Crippen molar-refractivity contribution in [1.82, 2.24) is 10.6 Å². The molecule has 0 spiro atoms. The molecule has 0 saturated carbocycles. The summed E-state index contributed by atoms with van der Waals surface area (Å²) in [6, 6.07) is 16.0. The van der Waals surface area contributed by atoms with E-state index < -0.39 is 0 Å². The second-order valence-corrected chi connectivity index (χ2v) is 6.31. The Labute approximate surface area is 143 Å². The van der Waals surface area contributed by atoms with Crippen LogP contribution in [0.2, 0.25) is 0 Å². The zero-order valence-electron chi connectivity index (χ0n) is 14.0. The largest absolute Gasteiger partial charge is 0.489 e. The Hall–Kier alpha value is -2.33. The van der Waals surface area contributed by atoms with E-state index in [1.165, 1.54) is 12.0 Å². The predicted molar refractivity (Wildman–Crippen MR) is 95.3 cm³/mol. The maximum Gasteiger partial charge on any atom is 0.251 e. The van der Waals surface area contributed by atoms with E-state index in [2.05, 4.69) is 29.7 Å². The van der Waals surface area contributed by atoms with E-state index in [0.29, 0.717) is 30.5 Å². The minimum absolute atomic E-state index is 0.0512. The summed E-state index contributed by atoms with van der Waals surface area (Å²) >= 11 is 0. The Morgan fingerprint density at radius 2 is 2.12 bits per heavy atom. The van der Waals surface area contributed by atoms with Crippen molar-refractivity contribution in [3.05, 3.63) is 65.2 Å². The summed E-state index contributed by atoms with van der Waals surface area (Å²) in [4.78, 5) is 12.3. The first-order valence-corrected chi connectivity index (χ1v) is 8.51. The molecule has 1 heterocycles. The monoisotopic (exact) mass is 324 g/mol. The standard InChI is InChI=1S/C20H24N2O2/c1-15-5-2-6-16(11-15)14-24-19-9-3-7-17(12-19)20(23)22-13-18-8-4-10-21-18/h2-3,5-7,9,11-12,18,21H,4,8,10,13-14H2,1H3,(H,22,23). The van der Waals surface area contributed by atoms with Gasteiger partial charge in [0.2, 0.25) is 0 Å². The molecule has 4 heteroatoms. The zero-order chi connectivity index (χ0) is 16.8. The van der Waals surface area contributed by atoms with E-state index in [0.717, 1.165) is 18.5 Å². The maximum absolute atomic E-state index is 12.3. The average Bonchev–Trinajstić information content (AvgIpc) is 3.12. The highest BCUT2D eigenvalue weighted by molar-refractivity contribution is 5.94. The fraction of sp³-hybridized carbons (Fsp3) is 0.350. The number of ether oxygens (including phenoxy) is 1. The third kappa shape index (κ3) is 4.59. The van der Waals surface area contributed by atoms with Crippen LogP contribution in [-0.2, 0) is 6.61 Å². The van der Waals surface area contributed by atoms with Crippen LogP contribution in [0.5, 0.6) is 5.75 Å².